The van der Waals surface area contributed by atoms with E-state index in [0.717, 1.165) is 4.47 Å². The van der Waals surface area contributed by atoms with Crippen molar-refractivity contribution in [2.24, 2.45) is 0 Å². The van der Waals surface area contributed by atoms with Crippen molar-refractivity contribution in [3.05, 3.63) is 34.1 Å². The summed E-state index contributed by atoms with van der Waals surface area (Å²) in [4.78, 5) is 13.6. The van der Waals surface area contributed by atoms with Gasteiger partial charge in [0, 0.05) is 17.6 Å². The van der Waals surface area contributed by atoms with Crippen LogP contribution < -0.4 is 5.32 Å². The lowest BCUT2D eigenvalue weighted by atomic mass is 10.2. The van der Waals surface area contributed by atoms with Gasteiger partial charge in [-0.1, -0.05) is 15.9 Å². The van der Waals surface area contributed by atoms with Crippen molar-refractivity contribution in [3.63, 3.8) is 0 Å². The molecule has 0 bridgehead atoms. The Morgan fingerprint density at radius 2 is 2.40 bits per heavy atom. The standard InChI is InChI=1S/C13H16BrFN2O3/c14-12-2-1-10(15)5-9(12)6-16-13(19)17-3-4-20-11(7-17)8-18/h1-2,5,11,18H,3-4,6-8H2,(H,16,19). The highest BCUT2D eigenvalue weighted by Gasteiger charge is 2.23. The molecule has 1 aromatic carbocycles. The van der Waals surface area contributed by atoms with Gasteiger partial charge in [-0.2, -0.15) is 0 Å². The number of ether oxygens (including phenoxy) is 1. The highest BCUT2D eigenvalue weighted by Crippen LogP contribution is 2.17. The number of aliphatic hydroxyl groups excluding tert-OH is 1. The molecule has 1 aliphatic rings. The molecule has 0 aliphatic carbocycles. The highest BCUT2D eigenvalue weighted by atomic mass is 79.9. The van der Waals surface area contributed by atoms with Crippen LogP contribution in [0.15, 0.2) is 22.7 Å². The van der Waals surface area contributed by atoms with Crippen LogP contribution in [0.3, 0.4) is 0 Å². The Morgan fingerprint density at radius 3 is 3.15 bits per heavy atom. The van der Waals surface area contributed by atoms with Crippen molar-refractivity contribution in [2.75, 3.05) is 26.3 Å². The summed E-state index contributed by atoms with van der Waals surface area (Å²) in [5.41, 5.74) is 0.672. The molecule has 1 heterocycles. The summed E-state index contributed by atoms with van der Waals surface area (Å²) in [6, 6.07) is 4.08. The number of rotatable bonds is 3. The highest BCUT2D eigenvalue weighted by molar-refractivity contribution is 9.10. The van der Waals surface area contributed by atoms with E-state index in [1.54, 1.807) is 11.0 Å². The molecule has 2 N–H and O–H groups in total. The van der Waals surface area contributed by atoms with Gasteiger partial charge in [-0.05, 0) is 23.8 Å². The number of urea groups is 1. The molecule has 2 amide bonds. The summed E-state index contributed by atoms with van der Waals surface area (Å²) >= 11 is 3.31. The number of hydrogen-bond acceptors (Lipinski definition) is 3. The first kappa shape index (κ1) is 15.2. The molecule has 1 saturated heterocycles. The number of nitrogens with one attached hydrogen (secondary N) is 1. The van der Waals surface area contributed by atoms with Crippen LogP contribution in [0, 0.1) is 5.82 Å². The van der Waals surface area contributed by atoms with Crippen molar-refractivity contribution in [1.29, 1.82) is 0 Å². The molecule has 0 saturated carbocycles. The zero-order valence-corrected chi connectivity index (χ0v) is 12.4. The Morgan fingerprint density at radius 1 is 1.60 bits per heavy atom. The lowest BCUT2D eigenvalue weighted by molar-refractivity contribution is -0.0403. The predicted octanol–water partition coefficient (Wildman–Crippen LogP) is 1.49. The van der Waals surface area contributed by atoms with E-state index in [0.29, 0.717) is 25.3 Å². The summed E-state index contributed by atoms with van der Waals surface area (Å²) in [5.74, 6) is -0.343. The van der Waals surface area contributed by atoms with Crippen molar-refractivity contribution in [2.45, 2.75) is 12.6 Å². The van der Waals surface area contributed by atoms with Gasteiger partial charge in [0.25, 0.3) is 0 Å². The monoisotopic (exact) mass is 346 g/mol. The van der Waals surface area contributed by atoms with Gasteiger partial charge in [-0.15, -0.1) is 0 Å². The van der Waals surface area contributed by atoms with E-state index in [2.05, 4.69) is 21.2 Å². The number of aliphatic hydroxyl groups is 1. The Balaban J connectivity index is 1.90. The lowest BCUT2D eigenvalue weighted by Crippen LogP contribution is -2.50. The van der Waals surface area contributed by atoms with Crippen molar-refractivity contribution in [1.82, 2.24) is 10.2 Å². The molecule has 0 radical (unpaired) electrons. The minimum atomic E-state index is -0.343. The Bertz CT molecular complexity index is 487. The topological polar surface area (TPSA) is 61.8 Å². The average molecular weight is 347 g/mol. The van der Waals surface area contributed by atoms with Crippen molar-refractivity contribution >= 4 is 22.0 Å². The Kier molecular flexibility index (Phi) is 5.33. The first-order chi connectivity index (χ1) is 9.60. The van der Waals surface area contributed by atoms with E-state index >= 15 is 0 Å². The van der Waals surface area contributed by atoms with Gasteiger partial charge in [0.15, 0.2) is 0 Å². The van der Waals surface area contributed by atoms with Crippen LogP contribution in [-0.2, 0) is 11.3 Å². The smallest absolute Gasteiger partial charge is 0.317 e. The summed E-state index contributed by atoms with van der Waals surface area (Å²) in [6.07, 6.45) is -0.338. The molecule has 1 aliphatic heterocycles. The molecule has 110 valence electrons. The molecular formula is C13H16BrFN2O3. The zero-order valence-electron chi connectivity index (χ0n) is 10.8. The average Bonchev–Trinajstić information content (AvgIpc) is 2.48. The third-order valence-corrected chi connectivity index (χ3v) is 3.84. The number of hydrogen-bond donors (Lipinski definition) is 2. The molecular weight excluding hydrogens is 331 g/mol. The first-order valence-corrected chi connectivity index (χ1v) is 7.08. The van der Waals surface area contributed by atoms with Crippen LogP contribution in [0.4, 0.5) is 9.18 Å². The molecule has 2 rings (SSSR count). The van der Waals surface area contributed by atoms with E-state index in [1.165, 1.54) is 12.1 Å². The minimum Gasteiger partial charge on any atom is -0.394 e. The van der Waals surface area contributed by atoms with E-state index in [-0.39, 0.29) is 31.1 Å². The third kappa shape index (κ3) is 3.91. The fourth-order valence-electron chi connectivity index (χ4n) is 1.98. The second kappa shape index (κ2) is 7.01. The third-order valence-electron chi connectivity index (χ3n) is 3.07. The van der Waals surface area contributed by atoms with Crippen LogP contribution >= 0.6 is 15.9 Å². The van der Waals surface area contributed by atoms with Gasteiger partial charge in [-0.3, -0.25) is 0 Å². The SMILES string of the molecule is O=C(NCc1cc(F)ccc1Br)N1CCOC(CO)C1. The maximum absolute atomic E-state index is 13.1. The number of morpholine rings is 1. The second-order valence-corrected chi connectivity index (χ2v) is 5.37. The summed E-state index contributed by atoms with van der Waals surface area (Å²) in [6.45, 7) is 1.36. The zero-order chi connectivity index (χ0) is 14.5. The number of carbonyl (C=O) groups is 1. The summed E-state index contributed by atoms with van der Waals surface area (Å²) in [7, 11) is 0. The Labute approximate surface area is 124 Å². The van der Waals surface area contributed by atoms with Gasteiger partial charge in [0.05, 0.1) is 25.9 Å². The largest absolute Gasteiger partial charge is 0.394 e. The summed E-state index contributed by atoms with van der Waals surface area (Å²) in [5, 5.41) is 11.8. The van der Waals surface area contributed by atoms with Crippen molar-refractivity contribution < 1.29 is 19.0 Å². The van der Waals surface area contributed by atoms with Crippen LogP contribution in [0.2, 0.25) is 0 Å². The van der Waals surface area contributed by atoms with Gasteiger partial charge in [0.2, 0.25) is 0 Å². The molecule has 1 aromatic rings. The molecule has 7 heteroatoms. The molecule has 5 nitrogen and oxygen atoms in total. The van der Waals surface area contributed by atoms with Gasteiger partial charge >= 0.3 is 6.03 Å². The van der Waals surface area contributed by atoms with Crippen LogP contribution in [0.25, 0.3) is 0 Å². The van der Waals surface area contributed by atoms with Crippen LogP contribution in [-0.4, -0.2) is 48.4 Å². The number of halogens is 2. The van der Waals surface area contributed by atoms with Crippen molar-refractivity contribution in [3.8, 4) is 0 Å². The Hall–Kier alpha value is -1.18. The van der Waals surface area contributed by atoms with Gasteiger partial charge in [-0.25, -0.2) is 9.18 Å². The molecule has 0 aromatic heterocycles. The quantitative estimate of drug-likeness (QED) is 0.871. The van der Waals surface area contributed by atoms with E-state index in [9.17, 15) is 9.18 Å². The summed E-state index contributed by atoms with van der Waals surface area (Å²) < 4.78 is 19.2. The van der Waals surface area contributed by atoms with E-state index in [4.69, 9.17) is 9.84 Å². The number of nitrogens with zero attached hydrogens (tertiary/aromatic N) is 1. The first-order valence-electron chi connectivity index (χ1n) is 6.29. The van der Waals surface area contributed by atoms with E-state index in [1.807, 2.05) is 0 Å². The van der Waals surface area contributed by atoms with Crippen LogP contribution in [0.5, 0.6) is 0 Å². The maximum atomic E-state index is 13.1. The van der Waals surface area contributed by atoms with Gasteiger partial charge in [0.1, 0.15) is 5.82 Å². The maximum Gasteiger partial charge on any atom is 0.317 e. The predicted molar refractivity (Wildman–Crippen MR) is 74.7 cm³/mol. The normalized spacial score (nSPS) is 18.9. The van der Waals surface area contributed by atoms with Crippen LogP contribution in [0.1, 0.15) is 5.56 Å². The molecule has 0 spiro atoms. The molecule has 1 fully saturated rings. The van der Waals surface area contributed by atoms with E-state index < -0.39 is 0 Å². The molecule has 1 atom stereocenters. The molecule has 20 heavy (non-hydrogen) atoms. The number of benzene rings is 1. The fraction of sp³-hybridized carbons (Fsp3) is 0.462. The van der Waals surface area contributed by atoms with Gasteiger partial charge < -0.3 is 20.1 Å². The number of amides is 2. The lowest BCUT2D eigenvalue weighted by Gasteiger charge is -2.32. The second-order valence-electron chi connectivity index (χ2n) is 4.52. The fourth-order valence-corrected chi connectivity index (χ4v) is 2.36. The minimum absolute atomic E-state index is 0.112. The number of carbonyl (C=O) groups excluding carboxylic acids is 1. The molecule has 1 unspecified atom stereocenters.